The van der Waals surface area contributed by atoms with Gasteiger partial charge < -0.3 is 14.5 Å². The number of fused-ring (bicyclic) bond motifs is 1. The van der Waals surface area contributed by atoms with E-state index in [-0.39, 0.29) is 22.8 Å². The molecule has 1 aromatic heterocycles. The molecule has 1 heterocycles. The van der Waals surface area contributed by atoms with Crippen LogP contribution in [0.4, 0.5) is 8.78 Å². The second kappa shape index (κ2) is 7.12. The zero-order valence-electron chi connectivity index (χ0n) is 13.2. The molecular formula is C18H14F2N2O3. The molecule has 0 unspecified atom stereocenters. The second-order valence-corrected chi connectivity index (χ2v) is 5.06. The van der Waals surface area contributed by atoms with Crippen molar-refractivity contribution in [3.8, 4) is 11.5 Å². The summed E-state index contributed by atoms with van der Waals surface area (Å²) in [5, 5.41) is 0. The van der Waals surface area contributed by atoms with Gasteiger partial charge in [-0.1, -0.05) is 24.3 Å². The van der Waals surface area contributed by atoms with Crippen LogP contribution in [0.15, 0.2) is 47.3 Å². The topological polar surface area (TPSA) is 64.2 Å². The van der Waals surface area contributed by atoms with Crippen LogP contribution in [0, 0.1) is 0 Å². The van der Waals surface area contributed by atoms with E-state index < -0.39 is 6.61 Å². The third-order valence-corrected chi connectivity index (χ3v) is 3.48. The number of ether oxygens (including phenoxy) is 2. The molecule has 0 spiro atoms. The molecule has 128 valence electrons. The molecule has 2 aromatic carbocycles. The SMILES string of the molecule is COc1cccc(/C=C/c2nc3ccccc3[nH]c2=O)c1OC(F)F. The van der Waals surface area contributed by atoms with Crippen LogP contribution in [0.5, 0.6) is 11.5 Å². The summed E-state index contributed by atoms with van der Waals surface area (Å²) in [4.78, 5) is 19.1. The highest BCUT2D eigenvalue weighted by molar-refractivity contribution is 5.78. The Labute approximate surface area is 141 Å². The van der Waals surface area contributed by atoms with Gasteiger partial charge in [-0.3, -0.25) is 4.79 Å². The van der Waals surface area contributed by atoms with Crippen molar-refractivity contribution < 1.29 is 18.3 Å². The summed E-state index contributed by atoms with van der Waals surface area (Å²) in [5.41, 5.74) is 1.36. The van der Waals surface area contributed by atoms with Gasteiger partial charge in [0.05, 0.1) is 18.1 Å². The molecule has 0 atom stereocenters. The van der Waals surface area contributed by atoms with Gasteiger partial charge in [-0.05, 0) is 30.4 Å². The third-order valence-electron chi connectivity index (χ3n) is 3.48. The molecule has 3 rings (SSSR count). The Kier molecular flexibility index (Phi) is 4.74. The zero-order chi connectivity index (χ0) is 17.8. The molecule has 7 heteroatoms. The molecule has 0 amide bonds. The molecule has 3 aromatic rings. The summed E-state index contributed by atoms with van der Waals surface area (Å²) >= 11 is 0. The molecular weight excluding hydrogens is 330 g/mol. The molecule has 0 saturated carbocycles. The number of H-pyrrole nitrogens is 1. The Bertz CT molecular complexity index is 983. The molecule has 5 nitrogen and oxygen atoms in total. The molecule has 0 aliphatic rings. The van der Waals surface area contributed by atoms with Crippen LogP contribution in [0.3, 0.4) is 0 Å². The van der Waals surface area contributed by atoms with Crippen molar-refractivity contribution in [2.45, 2.75) is 6.61 Å². The van der Waals surface area contributed by atoms with Gasteiger partial charge in [0.15, 0.2) is 11.5 Å². The van der Waals surface area contributed by atoms with Crippen LogP contribution in [-0.4, -0.2) is 23.7 Å². The maximum absolute atomic E-state index is 12.6. The Hall–Kier alpha value is -3.22. The minimum Gasteiger partial charge on any atom is -0.493 e. The highest BCUT2D eigenvalue weighted by Gasteiger charge is 2.14. The Balaban J connectivity index is 2.02. The van der Waals surface area contributed by atoms with E-state index in [0.29, 0.717) is 16.6 Å². The maximum atomic E-state index is 12.6. The average molecular weight is 344 g/mol. The van der Waals surface area contributed by atoms with Crippen molar-refractivity contribution >= 4 is 23.2 Å². The minimum atomic E-state index is -2.99. The standard InChI is InChI=1S/C18H14F2N2O3/c1-24-15-8-4-5-11(16(15)25-18(19)20)9-10-14-17(23)22-13-7-3-2-6-12(13)21-14/h2-10,18H,1H3,(H,22,23)/b10-9+. The van der Waals surface area contributed by atoms with Crippen molar-refractivity contribution in [3.63, 3.8) is 0 Å². The van der Waals surface area contributed by atoms with Crippen LogP contribution in [0.1, 0.15) is 11.3 Å². The highest BCUT2D eigenvalue weighted by Crippen LogP contribution is 2.33. The normalized spacial score (nSPS) is 11.4. The fraction of sp³-hybridized carbons (Fsp3) is 0.111. The van der Waals surface area contributed by atoms with Crippen LogP contribution in [0.2, 0.25) is 0 Å². The van der Waals surface area contributed by atoms with Crippen molar-refractivity contribution in [2.24, 2.45) is 0 Å². The summed E-state index contributed by atoms with van der Waals surface area (Å²) < 4.78 is 34.9. The molecule has 0 bridgehead atoms. The number of nitrogens with one attached hydrogen (secondary N) is 1. The molecule has 0 aliphatic heterocycles. The van der Waals surface area contributed by atoms with Gasteiger partial charge in [-0.25, -0.2) is 4.98 Å². The number of hydrogen-bond donors (Lipinski definition) is 1. The fourth-order valence-electron chi connectivity index (χ4n) is 2.37. The molecule has 1 N–H and O–H groups in total. The van der Waals surface area contributed by atoms with E-state index in [9.17, 15) is 13.6 Å². The average Bonchev–Trinajstić information content (AvgIpc) is 2.60. The number of halogens is 2. The monoisotopic (exact) mass is 344 g/mol. The van der Waals surface area contributed by atoms with Crippen LogP contribution in [0.25, 0.3) is 23.2 Å². The lowest BCUT2D eigenvalue weighted by Gasteiger charge is -2.12. The van der Waals surface area contributed by atoms with Crippen molar-refractivity contribution in [3.05, 3.63) is 64.1 Å². The maximum Gasteiger partial charge on any atom is 0.387 e. The highest BCUT2D eigenvalue weighted by atomic mass is 19.3. The van der Waals surface area contributed by atoms with Crippen LogP contribution < -0.4 is 15.0 Å². The van der Waals surface area contributed by atoms with Gasteiger partial charge in [0.2, 0.25) is 0 Å². The predicted octanol–water partition coefficient (Wildman–Crippen LogP) is 3.70. The van der Waals surface area contributed by atoms with E-state index >= 15 is 0 Å². The van der Waals surface area contributed by atoms with Crippen LogP contribution >= 0.6 is 0 Å². The van der Waals surface area contributed by atoms with E-state index in [1.54, 1.807) is 36.4 Å². The molecule has 25 heavy (non-hydrogen) atoms. The van der Waals surface area contributed by atoms with Gasteiger partial charge in [0.1, 0.15) is 5.69 Å². The molecule has 0 radical (unpaired) electrons. The first-order valence-electron chi connectivity index (χ1n) is 7.37. The zero-order valence-corrected chi connectivity index (χ0v) is 13.2. The summed E-state index contributed by atoms with van der Waals surface area (Å²) in [5.74, 6) is 0.0660. The number of benzene rings is 2. The van der Waals surface area contributed by atoms with Crippen LogP contribution in [-0.2, 0) is 0 Å². The number of methoxy groups -OCH3 is 1. The first-order chi connectivity index (χ1) is 12.1. The number of aromatic amines is 1. The lowest BCUT2D eigenvalue weighted by molar-refractivity contribution is -0.0513. The quantitative estimate of drug-likeness (QED) is 0.766. The van der Waals surface area contributed by atoms with Crippen molar-refractivity contribution in [2.75, 3.05) is 7.11 Å². The fourth-order valence-corrected chi connectivity index (χ4v) is 2.37. The number of nitrogens with zero attached hydrogens (tertiary/aromatic N) is 1. The Morgan fingerprint density at radius 3 is 2.68 bits per heavy atom. The van der Waals surface area contributed by atoms with E-state index in [1.165, 1.54) is 25.3 Å². The Morgan fingerprint density at radius 1 is 1.12 bits per heavy atom. The van der Waals surface area contributed by atoms with Crippen molar-refractivity contribution in [1.29, 1.82) is 0 Å². The molecule has 0 saturated heterocycles. The number of alkyl halides is 2. The molecule has 0 fully saturated rings. The smallest absolute Gasteiger partial charge is 0.387 e. The van der Waals surface area contributed by atoms with E-state index in [1.807, 2.05) is 0 Å². The van der Waals surface area contributed by atoms with E-state index in [0.717, 1.165) is 0 Å². The lowest BCUT2D eigenvalue weighted by Crippen LogP contribution is -2.11. The van der Waals surface area contributed by atoms with Gasteiger partial charge >= 0.3 is 6.61 Å². The van der Waals surface area contributed by atoms with Gasteiger partial charge in [0.25, 0.3) is 5.56 Å². The number of rotatable bonds is 5. The number of aromatic nitrogens is 2. The second-order valence-electron chi connectivity index (χ2n) is 5.06. The van der Waals surface area contributed by atoms with Crippen molar-refractivity contribution in [1.82, 2.24) is 9.97 Å². The first-order valence-corrected chi connectivity index (χ1v) is 7.37. The predicted molar refractivity (Wildman–Crippen MR) is 90.9 cm³/mol. The summed E-state index contributed by atoms with van der Waals surface area (Å²) in [6, 6.07) is 11.8. The van der Waals surface area contributed by atoms with Gasteiger partial charge in [-0.2, -0.15) is 8.78 Å². The Morgan fingerprint density at radius 2 is 1.92 bits per heavy atom. The number of hydrogen-bond acceptors (Lipinski definition) is 4. The van der Waals surface area contributed by atoms with E-state index in [4.69, 9.17) is 4.74 Å². The number of para-hydroxylation sites is 3. The largest absolute Gasteiger partial charge is 0.493 e. The summed E-state index contributed by atoms with van der Waals surface area (Å²) in [6.45, 7) is -2.99. The summed E-state index contributed by atoms with van der Waals surface area (Å²) in [6.07, 6.45) is 2.92. The first kappa shape index (κ1) is 16.6. The summed E-state index contributed by atoms with van der Waals surface area (Å²) in [7, 11) is 1.36. The van der Waals surface area contributed by atoms with E-state index in [2.05, 4.69) is 14.7 Å². The van der Waals surface area contributed by atoms with Gasteiger partial charge in [-0.15, -0.1) is 0 Å². The third kappa shape index (κ3) is 3.65. The lowest BCUT2D eigenvalue weighted by atomic mass is 10.1. The van der Waals surface area contributed by atoms with Gasteiger partial charge in [0, 0.05) is 5.56 Å². The minimum absolute atomic E-state index is 0.103. The molecule has 0 aliphatic carbocycles.